The lowest BCUT2D eigenvalue weighted by atomic mass is 10.1. The molecule has 6 heteroatoms. The summed E-state index contributed by atoms with van der Waals surface area (Å²) in [6.45, 7) is 3.83. The molecule has 2 aromatic carbocycles. The minimum absolute atomic E-state index is 0.0438. The molecule has 2 aromatic heterocycles. The molecule has 0 saturated heterocycles. The van der Waals surface area contributed by atoms with Gasteiger partial charge < -0.3 is 9.73 Å². The normalized spacial score (nSPS) is 12.4. The molecule has 0 unspecified atom stereocenters. The van der Waals surface area contributed by atoms with Gasteiger partial charge in [-0.15, -0.1) is 0 Å². The number of furan rings is 1. The molecule has 0 aliphatic rings. The Labute approximate surface area is 161 Å². The van der Waals surface area contributed by atoms with E-state index in [9.17, 15) is 4.79 Å². The molecule has 1 amide bonds. The molecule has 0 fully saturated rings. The quantitative estimate of drug-likeness (QED) is 0.405. The summed E-state index contributed by atoms with van der Waals surface area (Å²) in [6.07, 6.45) is 0. The van der Waals surface area contributed by atoms with Crippen molar-refractivity contribution < 1.29 is 9.21 Å². The molecule has 4 rings (SSSR count). The lowest BCUT2D eigenvalue weighted by molar-refractivity contribution is -0.119. The molecular formula is C21H19N3O2S. The van der Waals surface area contributed by atoms with Crippen LogP contribution in [0, 0.1) is 6.92 Å². The van der Waals surface area contributed by atoms with Gasteiger partial charge in [0.05, 0.1) is 11.8 Å². The zero-order valence-electron chi connectivity index (χ0n) is 15.1. The maximum absolute atomic E-state index is 12.4. The predicted octanol–water partition coefficient (Wildman–Crippen LogP) is 4.65. The van der Waals surface area contributed by atoms with Gasteiger partial charge in [0, 0.05) is 5.39 Å². The van der Waals surface area contributed by atoms with E-state index in [0.29, 0.717) is 16.4 Å². The summed E-state index contributed by atoms with van der Waals surface area (Å²) < 4.78 is 5.94. The van der Waals surface area contributed by atoms with Gasteiger partial charge >= 0.3 is 0 Å². The molecule has 1 N–H and O–H groups in total. The van der Waals surface area contributed by atoms with Crippen molar-refractivity contribution in [1.29, 1.82) is 0 Å². The van der Waals surface area contributed by atoms with Gasteiger partial charge in [0.2, 0.25) is 5.91 Å². The Kier molecular flexibility index (Phi) is 4.81. The number of thioether (sulfide) groups is 1. The van der Waals surface area contributed by atoms with Crippen LogP contribution in [0.3, 0.4) is 0 Å². The summed E-state index contributed by atoms with van der Waals surface area (Å²) in [5, 5.41) is 4.67. The first kappa shape index (κ1) is 17.5. The molecule has 0 saturated carbocycles. The van der Waals surface area contributed by atoms with Crippen molar-refractivity contribution in [2.75, 3.05) is 5.75 Å². The fourth-order valence-corrected chi connectivity index (χ4v) is 3.83. The van der Waals surface area contributed by atoms with E-state index in [1.807, 2.05) is 68.4 Å². The average molecular weight is 377 g/mol. The third-order valence-electron chi connectivity index (χ3n) is 4.32. The molecule has 0 spiro atoms. The highest BCUT2D eigenvalue weighted by Gasteiger charge is 2.16. The molecule has 0 radical (unpaired) electrons. The Balaban J connectivity index is 1.52. The lowest BCUT2D eigenvalue weighted by Gasteiger charge is -2.14. The van der Waals surface area contributed by atoms with E-state index in [0.717, 1.165) is 22.0 Å². The molecule has 0 aliphatic carbocycles. The number of para-hydroxylation sites is 1. The number of hydrogen-bond donors (Lipinski definition) is 1. The zero-order valence-corrected chi connectivity index (χ0v) is 15.9. The first-order valence-corrected chi connectivity index (χ1v) is 9.73. The van der Waals surface area contributed by atoms with Gasteiger partial charge in [-0.05, 0) is 31.5 Å². The molecule has 2 heterocycles. The van der Waals surface area contributed by atoms with Crippen LogP contribution in [0.4, 0.5) is 0 Å². The number of aryl methyl sites for hydroxylation is 1. The minimum atomic E-state index is -0.0446. The summed E-state index contributed by atoms with van der Waals surface area (Å²) in [7, 11) is 0. The van der Waals surface area contributed by atoms with Crippen LogP contribution in [0.15, 0.2) is 64.0 Å². The van der Waals surface area contributed by atoms with Crippen LogP contribution in [-0.4, -0.2) is 21.6 Å². The fraction of sp³-hybridized carbons (Fsp3) is 0.190. The number of benzene rings is 2. The SMILES string of the molecule is Cc1nc(SCC(=O)N[C@@H](C)c2ccccc2)c2oc3ccccc3c2n1. The largest absolute Gasteiger partial charge is 0.451 e. The first-order valence-electron chi connectivity index (χ1n) is 8.75. The Morgan fingerprint density at radius 1 is 1.11 bits per heavy atom. The molecule has 4 aromatic rings. The molecule has 1 atom stereocenters. The monoisotopic (exact) mass is 377 g/mol. The second-order valence-corrected chi connectivity index (χ2v) is 7.30. The highest BCUT2D eigenvalue weighted by Crippen LogP contribution is 2.33. The third kappa shape index (κ3) is 3.66. The smallest absolute Gasteiger partial charge is 0.230 e. The van der Waals surface area contributed by atoms with Gasteiger partial charge in [-0.1, -0.05) is 54.2 Å². The van der Waals surface area contributed by atoms with Crippen molar-refractivity contribution in [2.24, 2.45) is 0 Å². The Morgan fingerprint density at radius 2 is 1.85 bits per heavy atom. The highest BCUT2D eigenvalue weighted by molar-refractivity contribution is 8.00. The number of carbonyl (C=O) groups is 1. The van der Waals surface area contributed by atoms with Crippen LogP contribution in [0.5, 0.6) is 0 Å². The van der Waals surface area contributed by atoms with E-state index in [-0.39, 0.29) is 17.7 Å². The molecule has 5 nitrogen and oxygen atoms in total. The van der Waals surface area contributed by atoms with Gasteiger partial charge in [-0.2, -0.15) is 0 Å². The first-order chi connectivity index (χ1) is 13.1. The number of carbonyl (C=O) groups excluding carboxylic acids is 1. The summed E-state index contributed by atoms with van der Waals surface area (Å²) in [5.74, 6) is 0.881. The topological polar surface area (TPSA) is 68.0 Å². The van der Waals surface area contributed by atoms with E-state index in [4.69, 9.17) is 4.42 Å². The zero-order chi connectivity index (χ0) is 18.8. The molecule has 27 heavy (non-hydrogen) atoms. The van der Waals surface area contributed by atoms with Crippen molar-refractivity contribution in [1.82, 2.24) is 15.3 Å². The van der Waals surface area contributed by atoms with E-state index >= 15 is 0 Å². The molecule has 0 bridgehead atoms. The van der Waals surface area contributed by atoms with Crippen molar-refractivity contribution in [3.63, 3.8) is 0 Å². The maximum Gasteiger partial charge on any atom is 0.230 e. The van der Waals surface area contributed by atoms with Crippen molar-refractivity contribution >= 4 is 39.7 Å². The van der Waals surface area contributed by atoms with Crippen LogP contribution in [-0.2, 0) is 4.79 Å². The fourth-order valence-electron chi connectivity index (χ4n) is 3.01. The number of amides is 1. The van der Waals surface area contributed by atoms with Gasteiger partial charge in [-0.3, -0.25) is 4.79 Å². The summed E-state index contributed by atoms with van der Waals surface area (Å²) >= 11 is 1.37. The predicted molar refractivity (Wildman–Crippen MR) is 108 cm³/mol. The molecular weight excluding hydrogens is 358 g/mol. The molecule has 136 valence electrons. The van der Waals surface area contributed by atoms with Gasteiger partial charge in [0.25, 0.3) is 0 Å². The second kappa shape index (κ2) is 7.40. The Bertz CT molecular complexity index is 1110. The second-order valence-electron chi connectivity index (χ2n) is 6.34. The van der Waals surface area contributed by atoms with Crippen LogP contribution in [0.2, 0.25) is 0 Å². The summed E-state index contributed by atoms with van der Waals surface area (Å²) in [4.78, 5) is 21.4. The maximum atomic E-state index is 12.4. The van der Waals surface area contributed by atoms with Crippen LogP contribution >= 0.6 is 11.8 Å². The van der Waals surface area contributed by atoms with Crippen molar-refractivity contribution in [3.05, 3.63) is 66.0 Å². The Hall–Kier alpha value is -2.86. The average Bonchev–Trinajstić information content (AvgIpc) is 3.05. The number of fused-ring (bicyclic) bond motifs is 3. The lowest BCUT2D eigenvalue weighted by Crippen LogP contribution is -2.28. The minimum Gasteiger partial charge on any atom is -0.451 e. The number of rotatable bonds is 5. The van der Waals surface area contributed by atoms with Crippen molar-refractivity contribution in [2.45, 2.75) is 24.9 Å². The van der Waals surface area contributed by atoms with E-state index in [1.54, 1.807) is 0 Å². The van der Waals surface area contributed by atoms with E-state index in [2.05, 4.69) is 15.3 Å². The van der Waals surface area contributed by atoms with Gasteiger partial charge in [-0.25, -0.2) is 9.97 Å². The van der Waals surface area contributed by atoms with Crippen LogP contribution in [0.1, 0.15) is 24.4 Å². The molecule has 0 aliphatic heterocycles. The number of nitrogens with zero attached hydrogens (tertiary/aromatic N) is 2. The standard InChI is InChI=1S/C21H19N3O2S/c1-13(15-8-4-3-5-9-15)22-18(25)12-27-21-20-19(23-14(2)24-21)16-10-6-7-11-17(16)26-20/h3-11,13H,12H2,1-2H3,(H,22,25)/t13-/m0/s1. The van der Waals surface area contributed by atoms with E-state index < -0.39 is 0 Å². The van der Waals surface area contributed by atoms with Crippen LogP contribution < -0.4 is 5.32 Å². The summed E-state index contributed by atoms with van der Waals surface area (Å²) in [6, 6.07) is 17.6. The highest BCUT2D eigenvalue weighted by atomic mass is 32.2. The van der Waals surface area contributed by atoms with Crippen molar-refractivity contribution in [3.8, 4) is 0 Å². The number of aromatic nitrogens is 2. The number of nitrogens with one attached hydrogen (secondary N) is 1. The van der Waals surface area contributed by atoms with E-state index in [1.165, 1.54) is 11.8 Å². The number of hydrogen-bond acceptors (Lipinski definition) is 5. The third-order valence-corrected chi connectivity index (χ3v) is 5.27. The van der Waals surface area contributed by atoms with Gasteiger partial charge in [0.15, 0.2) is 5.58 Å². The van der Waals surface area contributed by atoms with Crippen LogP contribution in [0.25, 0.3) is 22.1 Å². The Morgan fingerprint density at radius 3 is 2.67 bits per heavy atom. The van der Waals surface area contributed by atoms with Gasteiger partial charge in [0.1, 0.15) is 22.0 Å². The summed E-state index contributed by atoms with van der Waals surface area (Å²) in [5.41, 5.74) is 3.28.